The summed E-state index contributed by atoms with van der Waals surface area (Å²) in [6, 6.07) is 12.9. The number of halogens is 2. The molecule has 0 spiro atoms. The lowest BCUT2D eigenvalue weighted by Gasteiger charge is -2.33. The lowest BCUT2D eigenvalue weighted by Crippen LogP contribution is -2.46. The van der Waals surface area contributed by atoms with E-state index in [4.69, 9.17) is 37.2 Å². The lowest BCUT2D eigenvalue weighted by atomic mass is 9.81. The Bertz CT molecular complexity index is 1280. The number of hydrogen-bond donors (Lipinski definition) is 2. The first-order chi connectivity index (χ1) is 16.3. The third-order valence-electron chi connectivity index (χ3n) is 5.43. The number of carboxylic acid groups (broad SMARTS) is 1. The zero-order valence-electron chi connectivity index (χ0n) is 18.3. The molecule has 5 rings (SSSR count). The Hall–Kier alpha value is -3.85. The number of aliphatic imine (C=N–C) groups is 2. The average Bonchev–Trinajstić information content (AvgIpc) is 3.14. The molecule has 2 aliphatic heterocycles. The van der Waals surface area contributed by atoms with Gasteiger partial charge in [0.15, 0.2) is 11.5 Å². The summed E-state index contributed by atoms with van der Waals surface area (Å²) in [5.74, 6) is -0.217. The van der Waals surface area contributed by atoms with Crippen LogP contribution in [0.4, 0.5) is 4.39 Å². The molecular formula is C24H22ClFN6O2. The lowest BCUT2D eigenvalue weighted by molar-refractivity contribution is -0.134. The van der Waals surface area contributed by atoms with Gasteiger partial charge in [0.05, 0.1) is 5.02 Å². The Morgan fingerprint density at radius 3 is 2.68 bits per heavy atom. The SMILES string of the molecule is CC(=O)O.NC1=NC(c2ccncc2)(c2cccc(-c3cc(Cl)cnc3F)c2)C2=NCCCN12. The number of benzene rings is 1. The summed E-state index contributed by atoms with van der Waals surface area (Å²) in [6.07, 6.45) is 5.64. The van der Waals surface area contributed by atoms with E-state index in [1.54, 1.807) is 18.5 Å². The van der Waals surface area contributed by atoms with Gasteiger partial charge in [-0.1, -0.05) is 29.8 Å². The van der Waals surface area contributed by atoms with Gasteiger partial charge in [-0.25, -0.2) is 9.98 Å². The van der Waals surface area contributed by atoms with Gasteiger partial charge in [-0.3, -0.25) is 19.7 Å². The van der Waals surface area contributed by atoms with Gasteiger partial charge in [-0.2, -0.15) is 4.39 Å². The molecule has 0 aliphatic carbocycles. The van der Waals surface area contributed by atoms with E-state index < -0.39 is 17.5 Å². The van der Waals surface area contributed by atoms with Crippen molar-refractivity contribution in [3.8, 4) is 11.1 Å². The number of rotatable bonds is 3. The van der Waals surface area contributed by atoms with Crippen LogP contribution in [-0.4, -0.2) is 50.8 Å². The van der Waals surface area contributed by atoms with E-state index in [2.05, 4.69) is 9.97 Å². The van der Waals surface area contributed by atoms with Crippen molar-refractivity contribution in [2.75, 3.05) is 13.1 Å². The van der Waals surface area contributed by atoms with Crippen molar-refractivity contribution in [3.63, 3.8) is 0 Å². The van der Waals surface area contributed by atoms with Crippen LogP contribution in [0.1, 0.15) is 24.5 Å². The summed E-state index contributed by atoms with van der Waals surface area (Å²) < 4.78 is 14.5. The monoisotopic (exact) mass is 480 g/mol. The van der Waals surface area contributed by atoms with Crippen LogP contribution < -0.4 is 5.73 Å². The van der Waals surface area contributed by atoms with Crippen LogP contribution in [-0.2, 0) is 10.3 Å². The number of hydrogen-bond acceptors (Lipinski definition) is 7. The molecule has 1 unspecified atom stereocenters. The number of aromatic nitrogens is 2. The molecule has 0 radical (unpaired) electrons. The fraction of sp³-hybridized carbons (Fsp3) is 0.208. The minimum Gasteiger partial charge on any atom is -0.481 e. The molecule has 0 saturated heterocycles. The van der Waals surface area contributed by atoms with Crippen molar-refractivity contribution < 1.29 is 14.3 Å². The average molecular weight is 481 g/mol. The van der Waals surface area contributed by atoms with Gasteiger partial charge in [0.2, 0.25) is 5.95 Å². The minimum atomic E-state index is -0.925. The minimum absolute atomic E-state index is 0.326. The fourth-order valence-electron chi connectivity index (χ4n) is 4.10. The molecule has 10 heteroatoms. The molecule has 1 aromatic carbocycles. The first-order valence-electron chi connectivity index (χ1n) is 10.5. The summed E-state index contributed by atoms with van der Waals surface area (Å²) in [7, 11) is 0. The number of carbonyl (C=O) groups is 1. The highest BCUT2D eigenvalue weighted by Crippen LogP contribution is 2.42. The maximum atomic E-state index is 14.5. The molecule has 3 N–H and O–H groups in total. The van der Waals surface area contributed by atoms with Gasteiger partial charge >= 0.3 is 0 Å². The molecule has 0 amide bonds. The number of nitrogens with two attached hydrogens (primary N) is 1. The van der Waals surface area contributed by atoms with Crippen molar-refractivity contribution in [2.45, 2.75) is 18.9 Å². The number of aliphatic carboxylic acids is 1. The summed E-state index contributed by atoms with van der Waals surface area (Å²) in [5.41, 5.74) is 8.10. The quantitative estimate of drug-likeness (QED) is 0.552. The molecular weight excluding hydrogens is 459 g/mol. The predicted molar refractivity (Wildman–Crippen MR) is 128 cm³/mol. The number of pyridine rings is 2. The highest BCUT2D eigenvalue weighted by atomic mass is 35.5. The smallest absolute Gasteiger partial charge is 0.300 e. The van der Waals surface area contributed by atoms with E-state index in [1.807, 2.05) is 41.3 Å². The Morgan fingerprint density at radius 1 is 1.21 bits per heavy atom. The summed E-state index contributed by atoms with van der Waals surface area (Å²) in [4.78, 5) is 28.6. The molecule has 2 aromatic heterocycles. The standard InChI is InChI=1S/C22H18ClFN6.C2H4O2/c23-17-12-18(19(24)28-13-17)14-3-1-4-16(11-14)22(15-5-8-26-9-6-15)20-27-7-2-10-30(20)21(25)29-22;1-2(3)4/h1,3-6,8-9,11-13H,2,7,10H2,(H2,25,29);1H3,(H,3,4). The van der Waals surface area contributed by atoms with Gasteiger partial charge in [-0.15, -0.1) is 0 Å². The number of nitrogens with zero attached hydrogens (tertiary/aromatic N) is 5. The molecule has 8 nitrogen and oxygen atoms in total. The first kappa shape index (κ1) is 23.3. The molecule has 3 aromatic rings. The van der Waals surface area contributed by atoms with Gasteiger partial charge in [0, 0.05) is 44.2 Å². The Kier molecular flexibility index (Phi) is 6.56. The van der Waals surface area contributed by atoms with E-state index in [0.717, 1.165) is 36.9 Å². The van der Waals surface area contributed by atoms with Gasteiger partial charge in [0.25, 0.3) is 5.97 Å². The Labute approximate surface area is 200 Å². The van der Waals surface area contributed by atoms with Gasteiger partial charge in [0.1, 0.15) is 5.84 Å². The number of fused-ring (bicyclic) bond motifs is 1. The van der Waals surface area contributed by atoms with Crippen molar-refractivity contribution in [1.29, 1.82) is 0 Å². The maximum Gasteiger partial charge on any atom is 0.300 e. The second kappa shape index (κ2) is 9.56. The predicted octanol–water partition coefficient (Wildman–Crippen LogP) is 3.70. The molecule has 2 aliphatic rings. The first-order valence-corrected chi connectivity index (χ1v) is 10.9. The summed E-state index contributed by atoms with van der Waals surface area (Å²) in [5, 5.41) is 7.78. The fourth-order valence-corrected chi connectivity index (χ4v) is 4.26. The van der Waals surface area contributed by atoms with Crippen LogP contribution in [0.2, 0.25) is 5.02 Å². The second-order valence-electron chi connectivity index (χ2n) is 7.72. The van der Waals surface area contributed by atoms with Crippen molar-refractivity contribution in [1.82, 2.24) is 14.9 Å². The summed E-state index contributed by atoms with van der Waals surface area (Å²) in [6.45, 7) is 2.54. The molecule has 34 heavy (non-hydrogen) atoms. The third-order valence-corrected chi connectivity index (χ3v) is 5.64. The molecule has 4 heterocycles. The van der Waals surface area contributed by atoms with Crippen molar-refractivity contribution in [3.05, 3.63) is 83.2 Å². The largest absolute Gasteiger partial charge is 0.481 e. The normalized spacial score (nSPS) is 18.9. The van der Waals surface area contributed by atoms with Crippen LogP contribution in [0.25, 0.3) is 11.1 Å². The second-order valence-corrected chi connectivity index (χ2v) is 8.15. The van der Waals surface area contributed by atoms with E-state index in [-0.39, 0.29) is 0 Å². The third kappa shape index (κ3) is 4.34. The maximum absolute atomic E-state index is 14.5. The highest BCUT2D eigenvalue weighted by molar-refractivity contribution is 6.30. The van der Waals surface area contributed by atoms with Crippen LogP contribution in [0.15, 0.2) is 71.0 Å². The highest BCUT2D eigenvalue weighted by Gasteiger charge is 2.49. The van der Waals surface area contributed by atoms with Crippen LogP contribution >= 0.6 is 11.6 Å². The van der Waals surface area contributed by atoms with Crippen LogP contribution in [0.3, 0.4) is 0 Å². The van der Waals surface area contributed by atoms with Crippen LogP contribution in [0.5, 0.6) is 0 Å². The number of carboxylic acids is 1. The van der Waals surface area contributed by atoms with Gasteiger partial charge < -0.3 is 10.8 Å². The van der Waals surface area contributed by atoms with Crippen molar-refractivity contribution >= 4 is 29.4 Å². The zero-order valence-corrected chi connectivity index (χ0v) is 19.1. The number of guanidine groups is 1. The molecule has 1 atom stereocenters. The van der Waals surface area contributed by atoms with E-state index in [1.165, 1.54) is 6.20 Å². The Morgan fingerprint density at radius 2 is 1.94 bits per heavy atom. The van der Waals surface area contributed by atoms with E-state index >= 15 is 0 Å². The molecule has 0 fully saturated rings. The Balaban J connectivity index is 0.000000636. The molecule has 174 valence electrons. The van der Waals surface area contributed by atoms with Crippen molar-refractivity contribution in [2.24, 2.45) is 15.7 Å². The zero-order chi connectivity index (χ0) is 24.3. The topological polar surface area (TPSA) is 117 Å². The van der Waals surface area contributed by atoms with Crippen LogP contribution in [0, 0.1) is 5.95 Å². The molecule has 0 bridgehead atoms. The molecule has 0 saturated carbocycles. The summed E-state index contributed by atoms with van der Waals surface area (Å²) >= 11 is 6.07. The van der Waals surface area contributed by atoms with Gasteiger partial charge in [-0.05, 0) is 47.4 Å². The number of amidine groups is 1. The van der Waals surface area contributed by atoms with E-state index in [0.29, 0.717) is 28.7 Å². The van der Waals surface area contributed by atoms with E-state index in [9.17, 15) is 4.39 Å².